The van der Waals surface area contributed by atoms with Gasteiger partial charge in [0.2, 0.25) is 0 Å². The Morgan fingerprint density at radius 3 is 2.57 bits per heavy atom. The van der Waals surface area contributed by atoms with Gasteiger partial charge < -0.3 is 5.32 Å². The summed E-state index contributed by atoms with van der Waals surface area (Å²) in [5.41, 5.74) is -0.843. The number of alkyl halides is 3. The molecule has 1 aromatic carbocycles. The van der Waals surface area contributed by atoms with Crippen LogP contribution in [0.5, 0.6) is 0 Å². The maximum Gasteiger partial charge on any atom is 0.434 e. The van der Waals surface area contributed by atoms with Crippen LogP contribution in [0.4, 0.5) is 17.6 Å². The third-order valence-corrected chi connectivity index (χ3v) is 3.87. The molecule has 0 fully saturated rings. The number of thiazole rings is 1. The molecular weight excluding hydrogens is 304 g/mol. The minimum absolute atomic E-state index is 0.0497. The highest BCUT2D eigenvalue weighted by molar-refractivity contribution is 7.15. The van der Waals surface area contributed by atoms with Crippen LogP contribution in [0.15, 0.2) is 24.3 Å². The van der Waals surface area contributed by atoms with E-state index in [0.717, 1.165) is 17.8 Å². The molecule has 0 aliphatic rings. The lowest BCUT2D eigenvalue weighted by molar-refractivity contribution is -0.141. The summed E-state index contributed by atoms with van der Waals surface area (Å²) in [5.74, 6) is -0.576. The molecule has 0 amide bonds. The predicted molar refractivity (Wildman–Crippen MR) is 74.5 cm³/mol. The molecule has 0 saturated heterocycles. The van der Waals surface area contributed by atoms with Gasteiger partial charge in [-0.3, -0.25) is 0 Å². The van der Waals surface area contributed by atoms with E-state index in [1.165, 1.54) is 18.2 Å². The van der Waals surface area contributed by atoms with Gasteiger partial charge in [-0.1, -0.05) is 19.1 Å². The summed E-state index contributed by atoms with van der Waals surface area (Å²) in [7, 11) is 0. The molecule has 0 unspecified atom stereocenters. The van der Waals surface area contributed by atoms with Crippen molar-refractivity contribution < 1.29 is 17.6 Å². The first-order valence-electron chi connectivity index (χ1n) is 6.46. The lowest BCUT2D eigenvalue weighted by Crippen LogP contribution is -2.17. The van der Waals surface area contributed by atoms with E-state index in [0.29, 0.717) is 6.54 Å². The molecule has 0 atom stereocenters. The van der Waals surface area contributed by atoms with E-state index in [4.69, 9.17) is 0 Å². The van der Waals surface area contributed by atoms with Gasteiger partial charge in [0.25, 0.3) is 0 Å². The average molecular weight is 318 g/mol. The summed E-state index contributed by atoms with van der Waals surface area (Å²) in [5, 5.41) is 2.97. The maximum absolute atomic E-state index is 13.7. The molecular formula is C14H14F4N2S. The number of nitrogens with zero attached hydrogens (tertiary/aromatic N) is 1. The monoisotopic (exact) mass is 318 g/mol. The Labute approximate surface area is 123 Å². The van der Waals surface area contributed by atoms with Crippen LogP contribution in [0.3, 0.4) is 0 Å². The van der Waals surface area contributed by atoms with Crippen molar-refractivity contribution in [3.63, 3.8) is 0 Å². The van der Waals surface area contributed by atoms with Gasteiger partial charge in [-0.25, -0.2) is 9.37 Å². The van der Waals surface area contributed by atoms with Crippen molar-refractivity contribution in [2.24, 2.45) is 0 Å². The maximum atomic E-state index is 13.7. The molecule has 0 spiro atoms. The van der Waals surface area contributed by atoms with Crippen LogP contribution < -0.4 is 5.32 Å². The van der Waals surface area contributed by atoms with Crippen LogP contribution in [0.25, 0.3) is 10.6 Å². The average Bonchev–Trinajstić information content (AvgIpc) is 2.83. The number of halogens is 4. The quantitative estimate of drug-likeness (QED) is 0.650. The lowest BCUT2D eigenvalue weighted by Gasteiger charge is -2.06. The second-order valence-corrected chi connectivity index (χ2v) is 5.53. The molecule has 21 heavy (non-hydrogen) atoms. The van der Waals surface area contributed by atoms with Gasteiger partial charge in [-0.15, -0.1) is 11.3 Å². The van der Waals surface area contributed by atoms with Crippen LogP contribution in [-0.4, -0.2) is 11.5 Å². The van der Waals surface area contributed by atoms with Crippen molar-refractivity contribution in [1.29, 1.82) is 0 Å². The number of rotatable bonds is 5. The van der Waals surface area contributed by atoms with Crippen molar-refractivity contribution in [3.05, 3.63) is 40.7 Å². The molecule has 0 saturated carbocycles. The smallest absolute Gasteiger partial charge is 0.312 e. The highest BCUT2D eigenvalue weighted by Gasteiger charge is 2.37. The van der Waals surface area contributed by atoms with Gasteiger partial charge in [-0.2, -0.15) is 13.2 Å². The fourth-order valence-corrected chi connectivity index (χ4v) is 2.90. The Kier molecular flexibility index (Phi) is 4.95. The molecule has 1 aromatic heterocycles. The number of benzene rings is 1. The molecule has 2 nitrogen and oxygen atoms in total. The molecule has 1 N–H and O–H groups in total. The van der Waals surface area contributed by atoms with E-state index in [2.05, 4.69) is 10.3 Å². The Bertz CT molecular complexity index is 607. The van der Waals surface area contributed by atoms with Gasteiger partial charge in [0.1, 0.15) is 10.8 Å². The van der Waals surface area contributed by atoms with Gasteiger partial charge >= 0.3 is 6.18 Å². The first-order valence-corrected chi connectivity index (χ1v) is 7.27. The van der Waals surface area contributed by atoms with Crippen LogP contribution in [-0.2, 0) is 12.7 Å². The Balaban J connectivity index is 2.38. The van der Waals surface area contributed by atoms with E-state index in [9.17, 15) is 17.6 Å². The third kappa shape index (κ3) is 3.79. The minimum atomic E-state index is -4.54. The summed E-state index contributed by atoms with van der Waals surface area (Å²) in [6.45, 7) is 2.62. The van der Waals surface area contributed by atoms with Crippen molar-refractivity contribution in [3.8, 4) is 10.6 Å². The van der Waals surface area contributed by atoms with Crippen molar-refractivity contribution in [2.45, 2.75) is 26.1 Å². The predicted octanol–water partition coefficient (Wildman–Crippen LogP) is 4.47. The number of hydrogen-bond acceptors (Lipinski definition) is 3. The standard InChI is InChI=1S/C14H14F4N2S/c1-2-7-19-8-11-12(14(16,17)18)20-13(21-11)9-5-3-4-6-10(9)15/h3-6,19H,2,7-8H2,1H3. The first kappa shape index (κ1) is 15.9. The molecule has 0 aliphatic carbocycles. The zero-order valence-corrected chi connectivity index (χ0v) is 12.1. The van der Waals surface area contributed by atoms with Gasteiger partial charge in [0.15, 0.2) is 5.69 Å². The Hall–Kier alpha value is -1.47. The SMILES string of the molecule is CCCNCc1sc(-c2ccccc2F)nc1C(F)(F)F. The molecule has 0 radical (unpaired) electrons. The van der Waals surface area contributed by atoms with Crippen LogP contribution in [0.1, 0.15) is 23.9 Å². The normalized spacial score (nSPS) is 11.9. The van der Waals surface area contributed by atoms with E-state index in [1.54, 1.807) is 6.07 Å². The highest BCUT2D eigenvalue weighted by Crippen LogP contribution is 2.38. The van der Waals surface area contributed by atoms with Crippen LogP contribution in [0.2, 0.25) is 0 Å². The lowest BCUT2D eigenvalue weighted by atomic mass is 10.2. The summed E-state index contributed by atoms with van der Waals surface area (Å²) in [6, 6.07) is 5.69. The summed E-state index contributed by atoms with van der Waals surface area (Å²) < 4.78 is 52.7. The summed E-state index contributed by atoms with van der Waals surface area (Å²) in [4.78, 5) is 3.68. The first-order chi connectivity index (χ1) is 9.93. The largest absolute Gasteiger partial charge is 0.434 e. The summed E-state index contributed by atoms with van der Waals surface area (Å²) in [6.07, 6.45) is -3.72. The number of nitrogens with one attached hydrogen (secondary N) is 1. The second kappa shape index (κ2) is 6.53. The topological polar surface area (TPSA) is 24.9 Å². The van der Waals surface area contributed by atoms with Gasteiger partial charge in [-0.05, 0) is 25.1 Å². The molecule has 7 heteroatoms. The third-order valence-electron chi connectivity index (χ3n) is 2.78. The van der Waals surface area contributed by atoms with Gasteiger partial charge in [0, 0.05) is 12.1 Å². The molecule has 0 bridgehead atoms. The van der Waals surface area contributed by atoms with Gasteiger partial charge in [0.05, 0.1) is 4.88 Å². The fraction of sp³-hybridized carbons (Fsp3) is 0.357. The molecule has 2 rings (SSSR count). The zero-order valence-electron chi connectivity index (χ0n) is 11.3. The minimum Gasteiger partial charge on any atom is -0.312 e. The fourth-order valence-electron chi connectivity index (χ4n) is 1.82. The summed E-state index contributed by atoms with van der Waals surface area (Å²) >= 11 is 0.870. The number of hydrogen-bond donors (Lipinski definition) is 1. The molecule has 0 aliphatic heterocycles. The molecule has 114 valence electrons. The van der Waals surface area contributed by atoms with E-state index < -0.39 is 17.7 Å². The molecule has 2 aromatic rings. The zero-order chi connectivity index (χ0) is 15.5. The Morgan fingerprint density at radius 2 is 1.95 bits per heavy atom. The van der Waals surface area contributed by atoms with E-state index >= 15 is 0 Å². The Morgan fingerprint density at radius 1 is 1.24 bits per heavy atom. The number of aromatic nitrogens is 1. The van der Waals surface area contributed by atoms with Crippen molar-refractivity contribution >= 4 is 11.3 Å². The van der Waals surface area contributed by atoms with Crippen LogP contribution in [0, 0.1) is 5.82 Å². The van der Waals surface area contributed by atoms with E-state index in [1.807, 2.05) is 6.92 Å². The van der Waals surface area contributed by atoms with Crippen molar-refractivity contribution in [2.75, 3.05) is 6.54 Å². The highest BCUT2D eigenvalue weighted by atomic mass is 32.1. The van der Waals surface area contributed by atoms with Crippen molar-refractivity contribution in [1.82, 2.24) is 10.3 Å². The van der Waals surface area contributed by atoms with E-state index in [-0.39, 0.29) is 22.0 Å². The van der Waals surface area contributed by atoms with Crippen LogP contribution >= 0.6 is 11.3 Å². The second-order valence-electron chi connectivity index (χ2n) is 4.45. The molecule has 1 heterocycles.